The normalized spacial score (nSPS) is 13.6. The van der Waals surface area contributed by atoms with Crippen molar-refractivity contribution in [2.45, 2.75) is 37.1 Å². The lowest BCUT2D eigenvalue weighted by Crippen LogP contribution is -2.34. The van der Waals surface area contributed by atoms with Gasteiger partial charge in [-0.25, -0.2) is 13.1 Å². The molecule has 0 radical (unpaired) electrons. The number of sulfonamides is 1. The maximum Gasteiger partial charge on any atom is 0.240 e. The van der Waals surface area contributed by atoms with Crippen molar-refractivity contribution in [2.75, 3.05) is 27.7 Å². The molecule has 0 aliphatic carbocycles. The van der Waals surface area contributed by atoms with Crippen LogP contribution in [-0.4, -0.2) is 41.1 Å². The van der Waals surface area contributed by atoms with Crippen molar-refractivity contribution < 1.29 is 13.2 Å². The Kier molecular flexibility index (Phi) is 6.68. The first-order valence-electron chi connectivity index (χ1n) is 8.95. The van der Waals surface area contributed by atoms with Gasteiger partial charge in [0, 0.05) is 12.6 Å². The number of nitrogens with one attached hydrogen (secondary N) is 1. The second-order valence-corrected chi connectivity index (χ2v) is 9.65. The summed E-state index contributed by atoms with van der Waals surface area (Å²) in [5, 5.41) is 0. The molecule has 0 spiro atoms. The van der Waals surface area contributed by atoms with Crippen molar-refractivity contribution in [1.29, 1.82) is 0 Å². The summed E-state index contributed by atoms with van der Waals surface area (Å²) in [4.78, 5) is 2.26. The Bertz CT molecular complexity index is 854. The van der Waals surface area contributed by atoms with Crippen molar-refractivity contribution in [1.82, 2.24) is 9.62 Å². The number of nitrogens with zero attached hydrogens (tertiary/aromatic N) is 1. The van der Waals surface area contributed by atoms with Crippen LogP contribution in [0.25, 0.3) is 0 Å². The molecular weight excluding hydrogens is 360 g/mol. The second-order valence-electron chi connectivity index (χ2n) is 7.88. The predicted molar refractivity (Wildman–Crippen MR) is 110 cm³/mol. The van der Waals surface area contributed by atoms with Crippen LogP contribution in [0.4, 0.5) is 0 Å². The number of benzene rings is 2. The molecule has 0 aliphatic rings. The van der Waals surface area contributed by atoms with Gasteiger partial charge >= 0.3 is 0 Å². The first-order valence-corrected chi connectivity index (χ1v) is 10.4. The van der Waals surface area contributed by atoms with E-state index in [-0.39, 0.29) is 22.9 Å². The van der Waals surface area contributed by atoms with Gasteiger partial charge in [0.1, 0.15) is 5.75 Å². The van der Waals surface area contributed by atoms with Gasteiger partial charge in [-0.15, -0.1) is 0 Å². The Morgan fingerprint density at radius 2 is 1.70 bits per heavy atom. The van der Waals surface area contributed by atoms with Crippen LogP contribution in [0.1, 0.15) is 37.9 Å². The molecule has 0 bridgehead atoms. The fourth-order valence-electron chi connectivity index (χ4n) is 2.85. The van der Waals surface area contributed by atoms with Crippen LogP contribution in [0, 0.1) is 0 Å². The van der Waals surface area contributed by atoms with Gasteiger partial charge in [0.2, 0.25) is 10.0 Å². The molecular formula is C21H30N2O3S. The van der Waals surface area contributed by atoms with E-state index < -0.39 is 10.0 Å². The highest BCUT2D eigenvalue weighted by atomic mass is 32.2. The third kappa shape index (κ3) is 5.54. The minimum atomic E-state index is -3.58. The molecule has 0 heterocycles. The van der Waals surface area contributed by atoms with Gasteiger partial charge in [-0.3, -0.25) is 0 Å². The molecule has 0 amide bonds. The minimum Gasteiger partial charge on any atom is -0.497 e. The fourth-order valence-corrected chi connectivity index (χ4v) is 3.89. The molecule has 0 fully saturated rings. The van der Waals surface area contributed by atoms with Gasteiger partial charge in [0.05, 0.1) is 12.0 Å². The molecule has 1 atom stereocenters. The van der Waals surface area contributed by atoms with Gasteiger partial charge in [0.25, 0.3) is 0 Å². The van der Waals surface area contributed by atoms with E-state index in [0.717, 1.165) is 16.9 Å². The molecule has 5 nitrogen and oxygen atoms in total. The Morgan fingerprint density at radius 3 is 2.22 bits per heavy atom. The lowest BCUT2D eigenvalue weighted by atomic mass is 9.87. The molecule has 2 aromatic rings. The molecule has 148 valence electrons. The zero-order valence-corrected chi connectivity index (χ0v) is 17.8. The third-order valence-electron chi connectivity index (χ3n) is 4.60. The van der Waals surface area contributed by atoms with Crippen molar-refractivity contribution in [3.63, 3.8) is 0 Å². The van der Waals surface area contributed by atoms with Crippen molar-refractivity contribution in [2.24, 2.45) is 0 Å². The second kappa shape index (κ2) is 8.42. The highest BCUT2D eigenvalue weighted by molar-refractivity contribution is 7.89. The molecule has 0 saturated heterocycles. The van der Waals surface area contributed by atoms with Gasteiger partial charge in [-0.05, 0) is 54.9 Å². The van der Waals surface area contributed by atoms with Crippen molar-refractivity contribution >= 4 is 10.0 Å². The fraction of sp³-hybridized carbons (Fsp3) is 0.429. The molecule has 27 heavy (non-hydrogen) atoms. The van der Waals surface area contributed by atoms with Gasteiger partial charge in [0.15, 0.2) is 0 Å². The molecule has 0 aromatic heterocycles. The van der Waals surface area contributed by atoms with Crippen molar-refractivity contribution in [3.05, 3.63) is 59.7 Å². The third-order valence-corrected chi connectivity index (χ3v) is 6.04. The SMILES string of the molecule is COc1cccc(C(CNS(=O)(=O)c2ccc(C(C)(C)C)cc2)N(C)C)c1. The Balaban J connectivity index is 2.18. The maximum atomic E-state index is 12.7. The molecule has 1 N–H and O–H groups in total. The average molecular weight is 391 g/mol. The highest BCUT2D eigenvalue weighted by Crippen LogP contribution is 2.25. The lowest BCUT2D eigenvalue weighted by Gasteiger charge is -2.25. The zero-order valence-electron chi connectivity index (χ0n) is 17.0. The van der Waals surface area contributed by atoms with E-state index >= 15 is 0 Å². The zero-order chi connectivity index (χ0) is 20.2. The number of rotatable bonds is 7. The summed E-state index contributed by atoms with van der Waals surface area (Å²) in [5.74, 6) is 0.750. The van der Waals surface area contributed by atoms with E-state index in [4.69, 9.17) is 4.74 Å². The minimum absolute atomic E-state index is 0.0158. The predicted octanol–water partition coefficient (Wildman–Crippen LogP) is 3.57. The highest BCUT2D eigenvalue weighted by Gasteiger charge is 2.21. The van der Waals surface area contributed by atoms with Crippen LogP contribution < -0.4 is 9.46 Å². The number of methoxy groups -OCH3 is 1. The van der Waals surface area contributed by atoms with Crippen molar-refractivity contribution in [3.8, 4) is 5.75 Å². The summed E-state index contributed by atoms with van der Waals surface area (Å²) in [6.45, 7) is 6.57. The van der Waals surface area contributed by atoms with Crippen LogP contribution in [0.15, 0.2) is 53.4 Å². The molecule has 1 unspecified atom stereocenters. The lowest BCUT2D eigenvalue weighted by molar-refractivity contribution is 0.298. The largest absolute Gasteiger partial charge is 0.497 e. The van der Waals surface area contributed by atoms with Gasteiger partial charge < -0.3 is 9.64 Å². The van der Waals surface area contributed by atoms with E-state index in [1.165, 1.54) is 0 Å². The first-order chi connectivity index (χ1) is 12.5. The van der Waals surface area contributed by atoms with Crippen LogP contribution in [0.5, 0.6) is 5.75 Å². The molecule has 2 aromatic carbocycles. The molecule has 2 rings (SSSR count). The van der Waals surface area contributed by atoms with Crippen LogP contribution in [-0.2, 0) is 15.4 Å². The first kappa shape index (κ1) is 21.4. The van der Waals surface area contributed by atoms with Gasteiger partial charge in [-0.1, -0.05) is 45.0 Å². The number of likely N-dealkylation sites (N-methyl/N-ethyl adjacent to an activating group) is 1. The Morgan fingerprint density at radius 1 is 1.07 bits per heavy atom. The smallest absolute Gasteiger partial charge is 0.240 e. The summed E-state index contributed by atoms with van der Waals surface area (Å²) in [7, 11) is 1.89. The summed E-state index contributed by atoms with van der Waals surface area (Å²) < 4.78 is 33.5. The van der Waals surface area contributed by atoms with E-state index in [0.29, 0.717) is 0 Å². The van der Waals surface area contributed by atoms with E-state index in [1.54, 1.807) is 19.2 Å². The topological polar surface area (TPSA) is 58.6 Å². The monoisotopic (exact) mass is 390 g/mol. The average Bonchev–Trinajstić information content (AvgIpc) is 2.61. The molecule has 0 aliphatic heterocycles. The summed E-state index contributed by atoms with van der Waals surface area (Å²) >= 11 is 0. The van der Waals surface area contributed by atoms with Crippen LogP contribution in [0.3, 0.4) is 0 Å². The number of hydrogen-bond donors (Lipinski definition) is 1. The molecule has 0 saturated carbocycles. The summed E-state index contributed by atoms with van der Waals surface area (Å²) in [5.41, 5.74) is 2.08. The summed E-state index contributed by atoms with van der Waals surface area (Å²) in [6, 6.07) is 14.7. The Labute approximate surface area is 163 Å². The van der Waals surface area contributed by atoms with E-state index in [1.807, 2.05) is 55.4 Å². The Hall–Kier alpha value is -1.89. The van der Waals surface area contributed by atoms with Crippen LogP contribution >= 0.6 is 0 Å². The maximum absolute atomic E-state index is 12.7. The quantitative estimate of drug-likeness (QED) is 0.785. The number of hydrogen-bond acceptors (Lipinski definition) is 4. The summed E-state index contributed by atoms with van der Waals surface area (Å²) in [6.07, 6.45) is 0. The van der Waals surface area contributed by atoms with E-state index in [9.17, 15) is 8.42 Å². The number of ether oxygens (including phenoxy) is 1. The van der Waals surface area contributed by atoms with E-state index in [2.05, 4.69) is 25.5 Å². The molecule has 6 heteroatoms. The van der Waals surface area contributed by atoms with Crippen LogP contribution in [0.2, 0.25) is 0 Å². The standard InChI is InChI=1S/C21H30N2O3S/c1-21(2,3)17-10-12-19(13-11-17)27(24,25)22-15-20(23(4)5)16-8-7-9-18(14-16)26-6/h7-14,20,22H,15H2,1-6H3. The van der Waals surface area contributed by atoms with Gasteiger partial charge in [-0.2, -0.15) is 0 Å².